The molecule has 0 saturated carbocycles. The summed E-state index contributed by atoms with van der Waals surface area (Å²) in [7, 11) is -3.49. The molecule has 1 amide bonds. The summed E-state index contributed by atoms with van der Waals surface area (Å²) < 4.78 is 31.9. The minimum absolute atomic E-state index is 0.104. The molecular formula is C15H20N2O4S. The summed E-state index contributed by atoms with van der Waals surface area (Å²) >= 11 is 0. The Hall–Kier alpha value is -1.44. The van der Waals surface area contributed by atoms with Gasteiger partial charge in [0.05, 0.1) is 18.1 Å². The summed E-state index contributed by atoms with van der Waals surface area (Å²) in [5.74, 6) is 0.104. The lowest BCUT2D eigenvalue weighted by Crippen LogP contribution is -2.40. The van der Waals surface area contributed by atoms with Crippen LogP contribution in [0, 0.1) is 6.92 Å². The Kier molecular flexibility index (Phi) is 4.20. The number of hydrogen-bond donors (Lipinski definition) is 0. The number of nitrogens with zero attached hydrogens (tertiary/aromatic N) is 2. The highest BCUT2D eigenvalue weighted by Gasteiger charge is 2.28. The largest absolute Gasteiger partial charge is 0.379 e. The summed E-state index contributed by atoms with van der Waals surface area (Å²) in [5.41, 5.74) is 1.62. The van der Waals surface area contributed by atoms with E-state index in [9.17, 15) is 13.2 Å². The van der Waals surface area contributed by atoms with Gasteiger partial charge in [0, 0.05) is 31.7 Å². The second-order valence-electron chi connectivity index (χ2n) is 5.61. The molecule has 0 N–H and O–H groups in total. The summed E-state index contributed by atoms with van der Waals surface area (Å²) in [5, 5.41) is 0. The molecule has 2 fully saturated rings. The van der Waals surface area contributed by atoms with Gasteiger partial charge in [-0.25, -0.2) is 8.42 Å². The maximum atomic E-state index is 12.6. The molecule has 0 aliphatic carbocycles. The Labute approximate surface area is 130 Å². The van der Waals surface area contributed by atoms with Gasteiger partial charge in [-0.05, 0) is 37.1 Å². The van der Waals surface area contributed by atoms with E-state index in [1.807, 2.05) is 6.92 Å². The molecule has 0 unspecified atom stereocenters. The lowest BCUT2D eigenvalue weighted by atomic mass is 10.2. The number of amides is 1. The first-order chi connectivity index (χ1) is 10.5. The Morgan fingerprint density at radius 1 is 1.14 bits per heavy atom. The topological polar surface area (TPSA) is 66.9 Å². The van der Waals surface area contributed by atoms with Gasteiger partial charge >= 0.3 is 0 Å². The van der Waals surface area contributed by atoms with Gasteiger partial charge in [-0.1, -0.05) is 0 Å². The average Bonchev–Trinajstić information content (AvgIpc) is 2.94. The molecule has 1 aromatic rings. The average molecular weight is 324 g/mol. The molecule has 0 bridgehead atoms. The summed E-state index contributed by atoms with van der Waals surface area (Å²) in [6, 6.07) is 5.00. The maximum absolute atomic E-state index is 12.6. The zero-order valence-corrected chi connectivity index (χ0v) is 13.4. The second kappa shape index (κ2) is 5.98. The van der Waals surface area contributed by atoms with Crippen LogP contribution in [0.15, 0.2) is 23.1 Å². The van der Waals surface area contributed by atoms with Crippen LogP contribution in [0.1, 0.15) is 18.4 Å². The second-order valence-corrected chi connectivity index (χ2v) is 7.55. The normalized spacial score (nSPS) is 20.6. The van der Waals surface area contributed by atoms with E-state index in [-0.39, 0.29) is 10.8 Å². The van der Waals surface area contributed by atoms with E-state index in [1.165, 1.54) is 4.31 Å². The predicted molar refractivity (Wildman–Crippen MR) is 82.3 cm³/mol. The van der Waals surface area contributed by atoms with Gasteiger partial charge in [-0.15, -0.1) is 0 Å². The monoisotopic (exact) mass is 324 g/mol. The van der Waals surface area contributed by atoms with E-state index < -0.39 is 10.0 Å². The van der Waals surface area contributed by atoms with Crippen LogP contribution in [0.3, 0.4) is 0 Å². The van der Waals surface area contributed by atoms with Gasteiger partial charge in [0.25, 0.3) is 0 Å². The standard InChI is InChI=1S/C15H20N2O4S/c1-12-11-13(22(19,20)16-7-9-21-10-8-16)4-5-14(12)17-6-2-3-15(17)18/h4-5,11H,2-3,6-10H2,1H3. The fourth-order valence-corrected chi connectivity index (χ4v) is 4.42. The maximum Gasteiger partial charge on any atom is 0.243 e. The number of ether oxygens (including phenoxy) is 1. The van der Waals surface area contributed by atoms with Crippen molar-refractivity contribution in [1.29, 1.82) is 0 Å². The minimum Gasteiger partial charge on any atom is -0.379 e. The van der Waals surface area contributed by atoms with Gasteiger partial charge in [0.1, 0.15) is 0 Å². The highest BCUT2D eigenvalue weighted by molar-refractivity contribution is 7.89. The van der Waals surface area contributed by atoms with E-state index in [2.05, 4.69) is 0 Å². The van der Waals surface area contributed by atoms with Crippen LogP contribution in [-0.2, 0) is 19.6 Å². The third kappa shape index (κ3) is 2.76. The van der Waals surface area contributed by atoms with Crippen molar-refractivity contribution in [2.24, 2.45) is 0 Å². The molecule has 7 heteroatoms. The Balaban J connectivity index is 1.89. The summed E-state index contributed by atoms with van der Waals surface area (Å²) in [6.45, 7) is 4.17. The quantitative estimate of drug-likeness (QED) is 0.836. The fraction of sp³-hybridized carbons (Fsp3) is 0.533. The molecule has 3 rings (SSSR count). The van der Waals surface area contributed by atoms with Crippen molar-refractivity contribution < 1.29 is 17.9 Å². The minimum atomic E-state index is -3.49. The molecule has 0 spiro atoms. The predicted octanol–water partition coefficient (Wildman–Crippen LogP) is 1.14. The van der Waals surface area contributed by atoms with Crippen LogP contribution < -0.4 is 4.90 Å². The van der Waals surface area contributed by atoms with Crippen LogP contribution in [0.5, 0.6) is 0 Å². The lowest BCUT2D eigenvalue weighted by Gasteiger charge is -2.26. The number of benzene rings is 1. The highest BCUT2D eigenvalue weighted by atomic mass is 32.2. The Morgan fingerprint density at radius 3 is 2.45 bits per heavy atom. The number of rotatable bonds is 3. The molecule has 0 radical (unpaired) electrons. The number of carbonyl (C=O) groups excluding carboxylic acids is 1. The molecule has 120 valence electrons. The molecule has 22 heavy (non-hydrogen) atoms. The molecule has 0 atom stereocenters. The number of hydrogen-bond acceptors (Lipinski definition) is 4. The summed E-state index contributed by atoms with van der Waals surface area (Å²) in [4.78, 5) is 13.9. The van der Waals surface area contributed by atoms with E-state index in [0.717, 1.165) is 17.7 Å². The fourth-order valence-electron chi connectivity index (χ4n) is 2.93. The third-order valence-corrected chi connectivity index (χ3v) is 6.03. The molecule has 2 heterocycles. The Morgan fingerprint density at radius 2 is 1.86 bits per heavy atom. The van der Waals surface area contributed by atoms with Gasteiger partial charge in [0.15, 0.2) is 0 Å². The zero-order valence-electron chi connectivity index (χ0n) is 12.6. The van der Waals surface area contributed by atoms with Crippen LogP contribution >= 0.6 is 0 Å². The number of carbonyl (C=O) groups is 1. The molecule has 2 saturated heterocycles. The number of anilines is 1. The van der Waals surface area contributed by atoms with Crippen molar-refractivity contribution in [3.63, 3.8) is 0 Å². The van der Waals surface area contributed by atoms with Gasteiger partial charge in [-0.3, -0.25) is 4.79 Å². The molecule has 2 aliphatic heterocycles. The van der Waals surface area contributed by atoms with Crippen molar-refractivity contribution in [2.45, 2.75) is 24.7 Å². The van der Waals surface area contributed by atoms with E-state index in [4.69, 9.17) is 4.74 Å². The van der Waals surface area contributed by atoms with Gasteiger partial charge < -0.3 is 9.64 Å². The molecular weight excluding hydrogens is 304 g/mol. The number of sulfonamides is 1. The first kappa shape index (κ1) is 15.5. The van der Waals surface area contributed by atoms with Crippen molar-refractivity contribution in [2.75, 3.05) is 37.7 Å². The zero-order chi connectivity index (χ0) is 15.7. The Bertz CT molecular complexity index is 681. The van der Waals surface area contributed by atoms with E-state index in [1.54, 1.807) is 23.1 Å². The molecule has 6 nitrogen and oxygen atoms in total. The van der Waals surface area contributed by atoms with Crippen LogP contribution in [0.4, 0.5) is 5.69 Å². The number of aryl methyl sites for hydroxylation is 1. The summed E-state index contributed by atoms with van der Waals surface area (Å²) in [6.07, 6.45) is 1.42. The van der Waals surface area contributed by atoms with E-state index in [0.29, 0.717) is 39.3 Å². The van der Waals surface area contributed by atoms with Gasteiger partial charge in [-0.2, -0.15) is 4.31 Å². The van der Waals surface area contributed by atoms with Crippen LogP contribution in [0.2, 0.25) is 0 Å². The van der Waals surface area contributed by atoms with Crippen molar-refractivity contribution in [3.05, 3.63) is 23.8 Å². The molecule has 2 aliphatic rings. The van der Waals surface area contributed by atoms with Gasteiger partial charge in [0.2, 0.25) is 15.9 Å². The van der Waals surface area contributed by atoms with Crippen LogP contribution in [-0.4, -0.2) is 51.5 Å². The molecule has 1 aromatic carbocycles. The van der Waals surface area contributed by atoms with Crippen molar-refractivity contribution in [1.82, 2.24) is 4.31 Å². The lowest BCUT2D eigenvalue weighted by molar-refractivity contribution is -0.117. The van der Waals surface area contributed by atoms with E-state index >= 15 is 0 Å². The molecule has 0 aromatic heterocycles. The smallest absolute Gasteiger partial charge is 0.243 e. The SMILES string of the molecule is Cc1cc(S(=O)(=O)N2CCOCC2)ccc1N1CCCC1=O. The highest BCUT2D eigenvalue weighted by Crippen LogP contribution is 2.28. The van der Waals surface area contributed by atoms with Crippen molar-refractivity contribution in [3.8, 4) is 0 Å². The first-order valence-corrected chi connectivity index (χ1v) is 8.93. The third-order valence-electron chi connectivity index (χ3n) is 4.14. The first-order valence-electron chi connectivity index (χ1n) is 7.49. The van der Waals surface area contributed by atoms with Crippen LogP contribution in [0.25, 0.3) is 0 Å². The number of morpholine rings is 1. The van der Waals surface area contributed by atoms with Crippen molar-refractivity contribution >= 4 is 21.6 Å².